The molecule has 1 fully saturated rings. The summed E-state index contributed by atoms with van der Waals surface area (Å²) in [4.78, 5) is 13.1. The van der Waals surface area contributed by atoms with Crippen molar-refractivity contribution in [1.29, 1.82) is 0 Å². The van der Waals surface area contributed by atoms with Crippen LogP contribution in [0.3, 0.4) is 0 Å². The Kier molecular flexibility index (Phi) is 10.5. The third kappa shape index (κ3) is 6.73. The number of esters is 1. The molecule has 3 rings (SSSR count). The van der Waals surface area contributed by atoms with Gasteiger partial charge in [0.2, 0.25) is 5.79 Å². The van der Waals surface area contributed by atoms with Crippen LogP contribution in [0.25, 0.3) is 0 Å². The molecule has 1 aromatic carbocycles. The van der Waals surface area contributed by atoms with Gasteiger partial charge in [-0.1, -0.05) is 62.8 Å². The highest BCUT2D eigenvalue weighted by Crippen LogP contribution is 2.39. The van der Waals surface area contributed by atoms with E-state index in [1.807, 2.05) is 56.3 Å². The van der Waals surface area contributed by atoms with Gasteiger partial charge in [0.05, 0.1) is 18.3 Å². The van der Waals surface area contributed by atoms with Gasteiger partial charge in [-0.3, -0.25) is 4.79 Å². The van der Waals surface area contributed by atoms with Crippen LogP contribution >= 0.6 is 0 Å². The third-order valence-corrected chi connectivity index (χ3v) is 7.52. The molecule has 2 heterocycles. The molecular weight excluding hydrogens is 464 g/mol. The molecule has 1 unspecified atom stereocenters. The summed E-state index contributed by atoms with van der Waals surface area (Å²) in [7, 11) is 4.71. The molecular formula is C28H42O8. The minimum absolute atomic E-state index is 0.144. The van der Waals surface area contributed by atoms with Gasteiger partial charge < -0.3 is 33.9 Å². The van der Waals surface area contributed by atoms with Crippen LogP contribution in [0.2, 0.25) is 0 Å². The average Bonchev–Trinajstić information content (AvgIpc) is 2.86. The molecule has 0 aromatic heterocycles. The standard InChI is InChI=1S/C28H42O8/c1-18-15-16-23(33-4)22(32-3)14-10-9-13-21(20-11-7-6-8-12-20)35-24(29)17-28(31)27(34-5)25(30)19(2)26(18)36-28/h6-8,11-12,15-16,18-19,21-23,25-27,30-31H,9-10,13-14,17H2,1-5H3/b16-15+/t18-,19-,21-,22?,23+,25-,26-,27+,28+/m0/s1. The maximum absolute atomic E-state index is 13.1. The van der Waals surface area contributed by atoms with Gasteiger partial charge in [-0.2, -0.15) is 0 Å². The maximum atomic E-state index is 13.1. The molecule has 2 aliphatic rings. The van der Waals surface area contributed by atoms with E-state index in [1.165, 1.54) is 7.11 Å². The van der Waals surface area contributed by atoms with Gasteiger partial charge in [-0.15, -0.1) is 0 Å². The number of carbonyl (C=O) groups is 1. The number of carbonyl (C=O) groups excluding carboxylic acids is 1. The lowest BCUT2D eigenvalue weighted by atomic mass is 9.80. The molecule has 2 N–H and O–H groups in total. The first-order valence-electron chi connectivity index (χ1n) is 12.8. The molecule has 8 heteroatoms. The van der Waals surface area contributed by atoms with Crippen LogP contribution in [-0.2, 0) is 28.5 Å². The topological polar surface area (TPSA) is 104 Å². The Bertz CT molecular complexity index is 845. The Morgan fingerprint density at radius 2 is 1.67 bits per heavy atom. The molecule has 0 radical (unpaired) electrons. The first-order valence-corrected chi connectivity index (χ1v) is 12.8. The van der Waals surface area contributed by atoms with Crippen LogP contribution in [0.5, 0.6) is 0 Å². The Morgan fingerprint density at radius 1 is 0.972 bits per heavy atom. The van der Waals surface area contributed by atoms with Crippen molar-refractivity contribution >= 4 is 5.97 Å². The zero-order valence-electron chi connectivity index (χ0n) is 22.0. The smallest absolute Gasteiger partial charge is 0.311 e. The van der Waals surface area contributed by atoms with Gasteiger partial charge in [0.25, 0.3) is 0 Å². The summed E-state index contributed by atoms with van der Waals surface area (Å²) in [5, 5.41) is 22.5. The summed E-state index contributed by atoms with van der Waals surface area (Å²) < 4.78 is 28.9. The fourth-order valence-corrected chi connectivity index (χ4v) is 5.41. The number of hydrogen-bond acceptors (Lipinski definition) is 8. The van der Waals surface area contributed by atoms with Gasteiger partial charge in [-0.25, -0.2) is 0 Å². The number of methoxy groups -OCH3 is 3. The number of aliphatic hydroxyl groups excluding tert-OH is 1. The van der Waals surface area contributed by atoms with Crippen LogP contribution in [-0.4, -0.2) is 73.8 Å². The molecule has 202 valence electrons. The Labute approximate surface area is 214 Å². The van der Waals surface area contributed by atoms with E-state index >= 15 is 0 Å². The molecule has 9 atom stereocenters. The predicted molar refractivity (Wildman–Crippen MR) is 134 cm³/mol. The number of fused-ring (bicyclic) bond motifs is 2. The lowest BCUT2D eigenvalue weighted by Gasteiger charge is -2.49. The van der Waals surface area contributed by atoms with E-state index in [2.05, 4.69) is 0 Å². The van der Waals surface area contributed by atoms with Crippen molar-refractivity contribution in [2.75, 3.05) is 21.3 Å². The average molecular weight is 507 g/mol. The van der Waals surface area contributed by atoms with Crippen molar-refractivity contribution in [3.8, 4) is 0 Å². The molecule has 36 heavy (non-hydrogen) atoms. The number of cyclic esters (lactones) is 1. The zero-order chi connectivity index (χ0) is 26.3. The minimum atomic E-state index is -2.04. The summed E-state index contributed by atoms with van der Waals surface area (Å²) in [5.41, 5.74) is 0.882. The second-order valence-corrected chi connectivity index (χ2v) is 10.0. The normalized spacial score (nSPS) is 39.8. The summed E-state index contributed by atoms with van der Waals surface area (Å²) in [6.45, 7) is 3.79. The maximum Gasteiger partial charge on any atom is 0.311 e. The first-order chi connectivity index (χ1) is 17.2. The molecule has 0 spiro atoms. The van der Waals surface area contributed by atoms with E-state index in [1.54, 1.807) is 14.2 Å². The van der Waals surface area contributed by atoms with E-state index in [-0.39, 0.29) is 24.0 Å². The van der Waals surface area contributed by atoms with Crippen molar-refractivity contribution in [2.45, 2.75) is 88.4 Å². The second-order valence-electron chi connectivity index (χ2n) is 10.0. The van der Waals surface area contributed by atoms with E-state index < -0.39 is 42.6 Å². The van der Waals surface area contributed by atoms with Crippen LogP contribution in [0.15, 0.2) is 42.5 Å². The second kappa shape index (κ2) is 13.1. The van der Waals surface area contributed by atoms with Gasteiger partial charge in [0.15, 0.2) is 0 Å². The number of benzene rings is 1. The summed E-state index contributed by atoms with van der Waals surface area (Å²) in [5.74, 6) is -3.21. The molecule has 0 amide bonds. The SMILES string of the molecule is COC1CCCC[C@@H](c2ccccc2)OC(=O)C[C@@]2(O)O[C@H]([C@@H](C)[C@H](O)[C@H]2OC)[C@@H](C)/C=C/[C@H]1OC. The predicted octanol–water partition coefficient (Wildman–Crippen LogP) is 3.56. The highest BCUT2D eigenvalue weighted by atomic mass is 16.7. The van der Waals surface area contributed by atoms with Gasteiger partial charge in [0, 0.05) is 33.2 Å². The van der Waals surface area contributed by atoms with Crippen LogP contribution in [0.1, 0.15) is 57.6 Å². The van der Waals surface area contributed by atoms with Gasteiger partial charge in [0.1, 0.15) is 24.7 Å². The van der Waals surface area contributed by atoms with Gasteiger partial charge >= 0.3 is 5.97 Å². The zero-order valence-corrected chi connectivity index (χ0v) is 22.0. The van der Waals surface area contributed by atoms with Crippen molar-refractivity contribution in [1.82, 2.24) is 0 Å². The molecule has 0 aliphatic carbocycles. The number of ether oxygens (including phenoxy) is 5. The summed E-state index contributed by atoms with van der Waals surface area (Å²) >= 11 is 0. The van der Waals surface area contributed by atoms with Crippen LogP contribution < -0.4 is 0 Å². The van der Waals surface area contributed by atoms with E-state index in [4.69, 9.17) is 23.7 Å². The van der Waals surface area contributed by atoms with Gasteiger partial charge in [-0.05, 0) is 24.8 Å². The fourth-order valence-electron chi connectivity index (χ4n) is 5.41. The highest BCUT2D eigenvalue weighted by molar-refractivity contribution is 5.71. The van der Waals surface area contributed by atoms with E-state index in [0.717, 1.165) is 24.8 Å². The van der Waals surface area contributed by atoms with Crippen LogP contribution in [0.4, 0.5) is 0 Å². The highest BCUT2D eigenvalue weighted by Gasteiger charge is 2.54. The Hall–Kier alpha value is -1.81. The molecule has 2 bridgehead atoms. The summed E-state index contributed by atoms with van der Waals surface area (Å²) in [6, 6.07) is 9.57. The summed E-state index contributed by atoms with van der Waals surface area (Å²) in [6.07, 6.45) is 2.92. The monoisotopic (exact) mass is 506 g/mol. The number of hydrogen-bond donors (Lipinski definition) is 2. The molecule has 8 nitrogen and oxygen atoms in total. The molecule has 1 aromatic rings. The van der Waals surface area contributed by atoms with Crippen molar-refractivity contribution in [3.63, 3.8) is 0 Å². The van der Waals surface area contributed by atoms with Crippen LogP contribution in [0, 0.1) is 11.8 Å². The Balaban J connectivity index is 1.95. The molecule has 2 aliphatic heterocycles. The lowest BCUT2D eigenvalue weighted by Crippen LogP contribution is -2.63. The van der Waals surface area contributed by atoms with Crippen molar-refractivity contribution < 1.29 is 38.7 Å². The number of aliphatic hydroxyl groups is 2. The van der Waals surface area contributed by atoms with E-state index in [9.17, 15) is 15.0 Å². The lowest BCUT2D eigenvalue weighted by molar-refractivity contribution is -0.345. The molecule has 0 saturated carbocycles. The minimum Gasteiger partial charge on any atom is -0.457 e. The largest absolute Gasteiger partial charge is 0.457 e. The van der Waals surface area contributed by atoms with E-state index in [0.29, 0.717) is 6.42 Å². The quantitative estimate of drug-likeness (QED) is 0.472. The first kappa shape index (κ1) is 28.8. The third-order valence-electron chi connectivity index (χ3n) is 7.52. The Morgan fingerprint density at radius 3 is 2.31 bits per heavy atom. The van der Waals surface area contributed by atoms with Crippen molar-refractivity contribution in [2.24, 2.45) is 11.8 Å². The number of rotatable bonds is 4. The van der Waals surface area contributed by atoms with Crippen molar-refractivity contribution in [3.05, 3.63) is 48.0 Å². The molecule has 1 saturated heterocycles. The fraction of sp³-hybridized carbons (Fsp3) is 0.679.